The molecule has 0 spiro atoms. The SMILES string of the molecule is CCn1ccn(Cc2ccc(Cl)c(F)c2)c1=O. The minimum Gasteiger partial charge on any atom is -0.300 e. The molecule has 2 aromatic rings. The van der Waals surface area contributed by atoms with Crippen LogP contribution in [0.3, 0.4) is 0 Å². The Morgan fingerprint density at radius 1 is 1.29 bits per heavy atom. The second kappa shape index (κ2) is 4.75. The molecule has 17 heavy (non-hydrogen) atoms. The van der Waals surface area contributed by atoms with Gasteiger partial charge in [0.25, 0.3) is 0 Å². The molecule has 0 saturated heterocycles. The molecule has 0 N–H and O–H groups in total. The molecule has 2 rings (SSSR count). The topological polar surface area (TPSA) is 26.9 Å². The van der Waals surface area contributed by atoms with Crippen LogP contribution >= 0.6 is 11.6 Å². The summed E-state index contributed by atoms with van der Waals surface area (Å²) in [5.41, 5.74) is 0.616. The number of hydrogen-bond acceptors (Lipinski definition) is 1. The van der Waals surface area contributed by atoms with Gasteiger partial charge in [-0.1, -0.05) is 17.7 Å². The molecule has 3 nitrogen and oxygen atoms in total. The standard InChI is InChI=1S/C12H12ClFN2O/c1-2-15-5-6-16(12(15)17)8-9-3-4-10(13)11(14)7-9/h3-7H,2,8H2,1H3. The summed E-state index contributed by atoms with van der Waals surface area (Å²) in [5, 5.41) is 0.0900. The van der Waals surface area contributed by atoms with Gasteiger partial charge >= 0.3 is 5.69 Å². The summed E-state index contributed by atoms with van der Waals surface area (Å²) in [7, 11) is 0. The van der Waals surface area contributed by atoms with Crippen LogP contribution in [0.4, 0.5) is 4.39 Å². The molecule has 0 fully saturated rings. The fraction of sp³-hybridized carbons (Fsp3) is 0.250. The van der Waals surface area contributed by atoms with Crippen LogP contribution in [-0.4, -0.2) is 9.13 Å². The van der Waals surface area contributed by atoms with Gasteiger partial charge in [0.15, 0.2) is 0 Å². The van der Waals surface area contributed by atoms with Gasteiger partial charge in [0.05, 0.1) is 11.6 Å². The molecule has 5 heteroatoms. The Labute approximate surface area is 103 Å². The number of hydrogen-bond donors (Lipinski definition) is 0. The summed E-state index contributed by atoms with van der Waals surface area (Å²) in [4.78, 5) is 11.8. The Kier molecular flexibility index (Phi) is 3.33. The molecule has 0 aliphatic rings. The number of aryl methyl sites for hydroxylation is 1. The molecule has 1 heterocycles. The van der Waals surface area contributed by atoms with Gasteiger partial charge in [-0.3, -0.25) is 9.13 Å². The second-order valence-electron chi connectivity index (χ2n) is 3.74. The van der Waals surface area contributed by atoms with Gasteiger partial charge in [0.2, 0.25) is 0 Å². The summed E-state index contributed by atoms with van der Waals surface area (Å²) in [6, 6.07) is 4.55. The highest BCUT2D eigenvalue weighted by molar-refractivity contribution is 6.30. The molecule has 0 aliphatic carbocycles. The fourth-order valence-corrected chi connectivity index (χ4v) is 1.77. The van der Waals surface area contributed by atoms with Gasteiger partial charge in [-0.25, -0.2) is 9.18 Å². The second-order valence-corrected chi connectivity index (χ2v) is 4.15. The number of nitrogens with zero attached hydrogens (tertiary/aromatic N) is 2. The summed E-state index contributed by atoms with van der Waals surface area (Å²) in [6.45, 7) is 2.87. The van der Waals surface area contributed by atoms with Crippen molar-refractivity contribution in [3.05, 3.63) is 57.5 Å². The predicted molar refractivity (Wildman–Crippen MR) is 64.9 cm³/mol. The maximum atomic E-state index is 13.2. The van der Waals surface area contributed by atoms with E-state index in [9.17, 15) is 9.18 Å². The first-order valence-electron chi connectivity index (χ1n) is 5.31. The monoisotopic (exact) mass is 254 g/mol. The highest BCUT2D eigenvalue weighted by atomic mass is 35.5. The fourth-order valence-electron chi connectivity index (χ4n) is 1.65. The minimum absolute atomic E-state index is 0.0900. The number of halogens is 2. The van der Waals surface area contributed by atoms with Crippen molar-refractivity contribution in [3.63, 3.8) is 0 Å². The van der Waals surface area contributed by atoms with Crippen LogP contribution < -0.4 is 5.69 Å². The van der Waals surface area contributed by atoms with Crippen molar-refractivity contribution in [3.8, 4) is 0 Å². The maximum Gasteiger partial charge on any atom is 0.328 e. The van der Waals surface area contributed by atoms with Crippen molar-refractivity contribution in [1.82, 2.24) is 9.13 Å². The van der Waals surface area contributed by atoms with E-state index in [0.717, 1.165) is 0 Å². The molecule has 0 bridgehead atoms. The third kappa shape index (κ3) is 2.42. The Hall–Kier alpha value is -1.55. The third-order valence-electron chi connectivity index (χ3n) is 2.60. The Morgan fingerprint density at radius 3 is 2.59 bits per heavy atom. The summed E-state index contributed by atoms with van der Waals surface area (Å²) in [6.07, 6.45) is 3.41. The van der Waals surface area contributed by atoms with E-state index in [4.69, 9.17) is 11.6 Å². The van der Waals surface area contributed by atoms with E-state index in [1.54, 1.807) is 23.0 Å². The Morgan fingerprint density at radius 2 is 2.00 bits per heavy atom. The largest absolute Gasteiger partial charge is 0.328 e. The Bertz CT molecular complexity index is 588. The summed E-state index contributed by atoms with van der Waals surface area (Å²) in [5.74, 6) is -0.466. The summed E-state index contributed by atoms with van der Waals surface area (Å²) >= 11 is 5.59. The van der Waals surface area contributed by atoms with Crippen molar-refractivity contribution >= 4 is 11.6 Å². The quantitative estimate of drug-likeness (QED) is 0.827. The van der Waals surface area contributed by atoms with Gasteiger partial charge in [0.1, 0.15) is 5.82 Å². The van der Waals surface area contributed by atoms with Crippen LogP contribution in [0.25, 0.3) is 0 Å². The molecular weight excluding hydrogens is 243 g/mol. The number of benzene rings is 1. The van der Waals surface area contributed by atoms with Gasteiger partial charge in [0, 0.05) is 18.9 Å². The van der Waals surface area contributed by atoms with E-state index >= 15 is 0 Å². The zero-order valence-corrected chi connectivity index (χ0v) is 10.1. The normalized spacial score (nSPS) is 10.8. The number of imidazole rings is 1. The molecule has 90 valence electrons. The van der Waals surface area contributed by atoms with E-state index in [1.165, 1.54) is 16.7 Å². The smallest absolute Gasteiger partial charge is 0.300 e. The van der Waals surface area contributed by atoms with E-state index in [2.05, 4.69) is 0 Å². The lowest BCUT2D eigenvalue weighted by atomic mass is 10.2. The van der Waals surface area contributed by atoms with Crippen molar-refractivity contribution in [2.75, 3.05) is 0 Å². The maximum absolute atomic E-state index is 13.2. The van der Waals surface area contributed by atoms with E-state index in [0.29, 0.717) is 18.7 Å². The zero-order valence-electron chi connectivity index (χ0n) is 9.36. The van der Waals surface area contributed by atoms with E-state index in [1.807, 2.05) is 6.92 Å². The van der Waals surface area contributed by atoms with Crippen molar-refractivity contribution in [2.45, 2.75) is 20.0 Å². The number of rotatable bonds is 3. The van der Waals surface area contributed by atoms with Crippen LogP contribution in [-0.2, 0) is 13.1 Å². The molecule has 1 aromatic heterocycles. The lowest BCUT2D eigenvalue weighted by Gasteiger charge is -2.03. The molecule has 0 aliphatic heterocycles. The first kappa shape index (κ1) is 11.9. The number of aromatic nitrogens is 2. The molecule has 0 amide bonds. The lowest BCUT2D eigenvalue weighted by Crippen LogP contribution is -2.23. The van der Waals surface area contributed by atoms with Crippen molar-refractivity contribution < 1.29 is 4.39 Å². The predicted octanol–water partition coefficient (Wildman–Crippen LogP) is 2.51. The molecular formula is C12H12ClFN2O. The van der Waals surface area contributed by atoms with E-state index in [-0.39, 0.29) is 10.7 Å². The van der Waals surface area contributed by atoms with E-state index < -0.39 is 5.82 Å². The molecule has 0 radical (unpaired) electrons. The highest BCUT2D eigenvalue weighted by Crippen LogP contribution is 2.15. The van der Waals surface area contributed by atoms with Crippen LogP contribution in [0.15, 0.2) is 35.4 Å². The minimum atomic E-state index is -0.466. The van der Waals surface area contributed by atoms with Gasteiger partial charge < -0.3 is 0 Å². The molecule has 0 saturated carbocycles. The Balaban J connectivity index is 2.28. The molecule has 0 unspecified atom stereocenters. The average molecular weight is 255 g/mol. The highest BCUT2D eigenvalue weighted by Gasteiger charge is 2.05. The summed E-state index contributed by atoms with van der Waals surface area (Å²) < 4.78 is 16.4. The first-order valence-corrected chi connectivity index (χ1v) is 5.69. The average Bonchev–Trinajstić information content (AvgIpc) is 2.65. The molecule has 1 aromatic carbocycles. The van der Waals surface area contributed by atoms with Gasteiger partial charge in [-0.05, 0) is 24.6 Å². The zero-order chi connectivity index (χ0) is 12.4. The van der Waals surface area contributed by atoms with Crippen LogP contribution in [0.1, 0.15) is 12.5 Å². The lowest BCUT2D eigenvalue weighted by molar-refractivity contribution is 0.621. The first-order chi connectivity index (χ1) is 8.11. The van der Waals surface area contributed by atoms with Crippen molar-refractivity contribution in [2.24, 2.45) is 0 Å². The third-order valence-corrected chi connectivity index (χ3v) is 2.90. The van der Waals surface area contributed by atoms with Crippen LogP contribution in [0, 0.1) is 5.82 Å². The van der Waals surface area contributed by atoms with Crippen LogP contribution in [0.5, 0.6) is 0 Å². The van der Waals surface area contributed by atoms with Gasteiger partial charge in [-0.15, -0.1) is 0 Å². The van der Waals surface area contributed by atoms with Gasteiger partial charge in [-0.2, -0.15) is 0 Å². The van der Waals surface area contributed by atoms with Crippen LogP contribution in [0.2, 0.25) is 5.02 Å². The van der Waals surface area contributed by atoms with Crippen molar-refractivity contribution in [1.29, 1.82) is 0 Å². The molecule has 0 atom stereocenters.